The molecule has 1 aromatic carbocycles. The zero-order valence-corrected chi connectivity index (χ0v) is 8.58. The minimum atomic E-state index is -0.422. The lowest BCUT2D eigenvalue weighted by Gasteiger charge is -2.07. The van der Waals surface area contributed by atoms with Gasteiger partial charge in [0.2, 0.25) is 0 Å². The number of hydrogen-bond donors (Lipinski definition) is 0. The van der Waals surface area contributed by atoms with Crippen molar-refractivity contribution >= 4 is 10.8 Å². The Morgan fingerprint density at radius 1 is 1.27 bits per heavy atom. The van der Waals surface area contributed by atoms with Crippen LogP contribution in [0.4, 0.5) is 4.39 Å². The van der Waals surface area contributed by atoms with Gasteiger partial charge in [-0.15, -0.1) is 0 Å². The maximum atomic E-state index is 13.1. The molecule has 0 bridgehead atoms. The highest BCUT2D eigenvalue weighted by atomic mass is 19.1. The van der Waals surface area contributed by atoms with Gasteiger partial charge in [-0.3, -0.25) is 0 Å². The van der Waals surface area contributed by atoms with Crippen LogP contribution in [0.25, 0.3) is 10.8 Å². The second kappa shape index (κ2) is 3.50. The van der Waals surface area contributed by atoms with Gasteiger partial charge in [-0.25, -0.2) is 9.18 Å². The minimum absolute atomic E-state index is 0.193. The lowest BCUT2D eigenvalue weighted by atomic mass is 9.99. The van der Waals surface area contributed by atoms with Gasteiger partial charge >= 0.3 is 5.63 Å². The maximum absolute atomic E-state index is 13.1. The molecule has 1 heterocycles. The Morgan fingerprint density at radius 2 is 2.00 bits per heavy atom. The molecular formula is C12H11FO2. The maximum Gasteiger partial charge on any atom is 0.343 e. The van der Waals surface area contributed by atoms with E-state index in [2.05, 4.69) is 0 Å². The second-order valence-corrected chi connectivity index (χ2v) is 3.82. The van der Waals surface area contributed by atoms with Gasteiger partial charge in [-0.2, -0.15) is 0 Å². The molecule has 2 nitrogen and oxygen atoms in total. The molecule has 0 spiro atoms. The predicted octanol–water partition coefficient (Wildman–Crippen LogP) is 3.06. The number of halogens is 1. The summed E-state index contributed by atoms with van der Waals surface area (Å²) in [6.45, 7) is 3.94. The van der Waals surface area contributed by atoms with Gasteiger partial charge in [0, 0.05) is 0 Å². The molecule has 0 N–H and O–H groups in total. The molecule has 78 valence electrons. The van der Waals surface area contributed by atoms with Crippen LogP contribution in [-0.4, -0.2) is 0 Å². The van der Waals surface area contributed by atoms with Crippen molar-refractivity contribution in [2.45, 2.75) is 19.8 Å². The van der Waals surface area contributed by atoms with E-state index < -0.39 is 5.63 Å². The Morgan fingerprint density at radius 3 is 2.67 bits per heavy atom. The molecular weight excluding hydrogens is 195 g/mol. The van der Waals surface area contributed by atoms with Crippen LogP contribution >= 0.6 is 0 Å². The second-order valence-electron chi connectivity index (χ2n) is 3.82. The first-order chi connectivity index (χ1) is 7.09. The van der Waals surface area contributed by atoms with Crippen LogP contribution in [0.15, 0.2) is 33.7 Å². The summed E-state index contributed by atoms with van der Waals surface area (Å²) >= 11 is 0. The van der Waals surface area contributed by atoms with Crippen molar-refractivity contribution in [3.63, 3.8) is 0 Å². The molecule has 15 heavy (non-hydrogen) atoms. The average Bonchev–Trinajstić information content (AvgIpc) is 2.17. The highest BCUT2D eigenvalue weighted by Gasteiger charge is 2.09. The number of rotatable bonds is 1. The van der Waals surface area contributed by atoms with Crippen LogP contribution in [0.3, 0.4) is 0 Å². The molecule has 0 aliphatic rings. The fraction of sp³-hybridized carbons (Fsp3) is 0.250. The van der Waals surface area contributed by atoms with Crippen molar-refractivity contribution in [1.29, 1.82) is 0 Å². The van der Waals surface area contributed by atoms with E-state index >= 15 is 0 Å². The predicted molar refractivity (Wildman–Crippen MR) is 56.5 cm³/mol. The first-order valence-electron chi connectivity index (χ1n) is 4.80. The Balaban J connectivity index is 2.90. The molecule has 2 aromatic rings. The van der Waals surface area contributed by atoms with Crippen molar-refractivity contribution < 1.29 is 8.81 Å². The van der Waals surface area contributed by atoms with Crippen LogP contribution in [-0.2, 0) is 0 Å². The standard InChI is InChI=1S/C12H11FO2/c1-7(2)11-6-15-12(14)9-4-3-8(13)5-10(9)11/h3-7H,1-2H3. The Bertz CT molecular complexity index is 555. The van der Waals surface area contributed by atoms with Gasteiger partial charge in [0.25, 0.3) is 0 Å². The van der Waals surface area contributed by atoms with Gasteiger partial charge < -0.3 is 4.42 Å². The van der Waals surface area contributed by atoms with Gasteiger partial charge in [-0.1, -0.05) is 13.8 Å². The monoisotopic (exact) mass is 206 g/mol. The third-order valence-electron chi connectivity index (χ3n) is 2.43. The van der Waals surface area contributed by atoms with Crippen molar-refractivity contribution in [2.75, 3.05) is 0 Å². The van der Waals surface area contributed by atoms with Crippen LogP contribution < -0.4 is 5.63 Å². The van der Waals surface area contributed by atoms with E-state index in [1.807, 2.05) is 13.8 Å². The van der Waals surface area contributed by atoms with Crippen LogP contribution in [0, 0.1) is 5.82 Å². The lowest BCUT2D eigenvalue weighted by molar-refractivity contribution is 0.509. The van der Waals surface area contributed by atoms with Crippen molar-refractivity contribution in [3.8, 4) is 0 Å². The van der Waals surface area contributed by atoms with Gasteiger partial charge in [0.15, 0.2) is 0 Å². The number of hydrogen-bond acceptors (Lipinski definition) is 2. The van der Waals surface area contributed by atoms with Crippen molar-refractivity contribution in [1.82, 2.24) is 0 Å². The molecule has 2 rings (SSSR count). The molecule has 0 aliphatic carbocycles. The van der Waals surface area contributed by atoms with Crippen LogP contribution in [0.2, 0.25) is 0 Å². The summed E-state index contributed by atoms with van der Waals surface area (Å²) in [5, 5.41) is 1.07. The molecule has 3 heteroatoms. The van der Waals surface area contributed by atoms with Crippen LogP contribution in [0.5, 0.6) is 0 Å². The lowest BCUT2D eigenvalue weighted by Crippen LogP contribution is -2.02. The molecule has 0 aliphatic heterocycles. The minimum Gasteiger partial charge on any atom is -0.431 e. The number of fused-ring (bicyclic) bond motifs is 1. The molecule has 0 fully saturated rings. The summed E-state index contributed by atoms with van der Waals surface area (Å²) in [5.41, 5.74) is 0.429. The summed E-state index contributed by atoms with van der Waals surface area (Å²) in [4.78, 5) is 11.4. The third kappa shape index (κ3) is 1.65. The van der Waals surface area contributed by atoms with E-state index in [0.717, 1.165) is 5.56 Å². The highest BCUT2D eigenvalue weighted by Crippen LogP contribution is 2.23. The first-order valence-corrected chi connectivity index (χ1v) is 4.80. The first kappa shape index (κ1) is 9.90. The van der Waals surface area contributed by atoms with Gasteiger partial charge in [-0.05, 0) is 35.1 Å². The number of benzene rings is 1. The molecule has 1 aromatic heterocycles. The quantitative estimate of drug-likeness (QED) is 0.717. The molecule has 0 saturated carbocycles. The molecule has 0 unspecified atom stereocenters. The Labute approximate surface area is 86.3 Å². The van der Waals surface area contributed by atoms with Gasteiger partial charge in [0.1, 0.15) is 5.82 Å². The third-order valence-corrected chi connectivity index (χ3v) is 2.43. The Kier molecular flexibility index (Phi) is 2.31. The van der Waals surface area contributed by atoms with Gasteiger partial charge in [0.05, 0.1) is 11.6 Å². The van der Waals surface area contributed by atoms with Crippen molar-refractivity contribution in [2.24, 2.45) is 0 Å². The molecule has 0 atom stereocenters. The fourth-order valence-corrected chi connectivity index (χ4v) is 1.62. The zero-order chi connectivity index (χ0) is 11.0. The highest BCUT2D eigenvalue weighted by molar-refractivity contribution is 5.84. The largest absolute Gasteiger partial charge is 0.431 e. The van der Waals surface area contributed by atoms with E-state index in [-0.39, 0.29) is 11.7 Å². The fourth-order valence-electron chi connectivity index (χ4n) is 1.62. The normalized spacial score (nSPS) is 11.2. The summed E-state index contributed by atoms with van der Waals surface area (Å²) in [6.07, 6.45) is 1.41. The van der Waals surface area contributed by atoms with E-state index in [0.29, 0.717) is 10.8 Å². The van der Waals surface area contributed by atoms with Crippen LogP contribution in [0.1, 0.15) is 25.3 Å². The topological polar surface area (TPSA) is 30.2 Å². The summed E-state index contributed by atoms with van der Waals surface area (Å²) in [7, 11) is 0. The van der Waals surface area contributed by atoms with E-state index in [9.17, 15) is 9.18 Å². The average molecular weight is 206 g/mol. The van der Waals surface area contributed by atoms with E-state index in [1.54, 1.807) is 0 Å². The summed E-state index contributed by atoms with van der Waals surface area (Å²) in [5.74, 6) is -0.145. The molecule has 0 amide bonds. The zero-order valence-electron chi connectivity index (χ0n) is 8.58. The SMILES string of the molecule is CC(C)c1coc(=O)c2ccc(F)cc12. The summed E-state index contributed by atoms with van der Waals surface area (Å²) < 4.78 is 18.0. The molecule has 0 saturated heterocycles. The van der Waals surface area contributed by atoms with E-state index in [4.69, 9.17) is 4.42 Å². The Hall–Kier alpha value is -1.64. The smallest absolute Gasteiger partial charge is 0.343 e. The summed E-state index contributed by atoms with van der Waals surface area (Å²) in [6, 6.07) is 4.10. The molecule has 0 radical (unpaired) electrons. The van der Waals surface area contributed by atoms with E-state index in [1.165, 1.54) is 24.5 Å². The van der Waals surface area contributed by atoms with Crippen molar-refractivity contribution in [3.05, 3.63) is 46.3 Å².